The number of nitrogens with zero attached hydrogens (tertiary/aromatic N) is 1. The summed E-state index contributed by atoms with van der Waals surface area (Å²) in [4.78, 5) is 1.87. The Hall–Kier alpha value is -2.30. The van der Waals surface area contributed by atoms with Crippen molar-refractivity contribution in [2.75, 3.05) is 13.1 Å². The largest absolute Gasteiger partial charge is 0.573 e. The number of hydrogen-bond donors (Lipinski definition) is 1. The highest BCUT2D eigenvalue weighted by Crippen LogP contribution is 2.27. The van der Waals surface area contributed by atoms with Crippen LogP contribution >= 0.6 is 0 Å². The molecule has 0 aromatic heterocycles. The lowest BCUT2D eigenvalue weighted by molar-refractivity contribution is -0.274. The molecule has 0 bridgehead atoms. The predicted octanol–water partition coefficient (Wildman–Crippen LogP) is 4.07. The van der Waals surface area contributed by atoms with Crippen molar-refractivity contribution in [1.29, 1.82) is 0 Å². The van der Waals surface area contributed by atoms with Crippen molar-refractivity contribution in [3.63, 3.8) is 0 Å². The topological polar surface area (TPSA) is 67.9 Å². The van der Waals surface area contributed by atoms with E-state index in [-0.39, 0.29) is 10.9 Å². The van der Waals surface area contributed by atoms with E-state index < -0.39 is 22.1 Å². The lowest BCUT2D eigenvalue weighted by Gasteiger charge is -2.26. The Morgan fingerprint density at radius 3 is 2.44 bits per heavy atom. The maximum Gasteiger partial charge on any atom is 0.573 e. The molecule has 4 rings (SSSR count). The van der Waals surface area contributed by atoms with Gasteiger partial charge in [0.15, 0.2) is 0 Å². The van der Waals surface area contributed by atoms with Gasteiger partial charge in [0.05, 0.1) is 11.0 Å². The molecule has 6 nitrogen and oxygen atoms in total. The molecule has 1 heterocycles. The third-order valence-electron chi connectivity index (χ3n) is 5.63. The minimum absolute atomic E-state index is 0.264. The second-order valence-corrected chi connectivity index (χ2v) is 9.89. The summed E-state index contributed by atoms with van der Waals surface area (Å²) in [5.74, 6) is 0.292. The van der Waals surface area contributed by atoms with Crippen LogP contribution in [0.25, 0.3) is 0 Å². The molecule has 1 saturated heterocycles. The van der Waals surface area contributed by atoms with Gasteiger partial charge < -0.3 is 9.47 Å². The number of rotatable bonds is 8. The van der Waals surface area contributed by atoms with Crippen molar-refractivity contribution in [1.82, 2.24) is 9.62 Å². The molecule has 1 aliphatic carbocycles. The molecule has 2 fully saturated rings. The second kappa shape index (κ2) is 9.29. The van der Waals surface area contributed by atoms with E-state index in [2.05, 4.69) is 14.4 Å². The van der Waals surface area contributed by atoms with Crippen molar-refractivity contribution in [3.8, 4) is 11.5 Å². The Balaban J connectivity index is 1.31. The number of halogens is 3. The van der Waals surface area contributed by atoms with Gasteiger partial charge in [-0.15, -0.1) is 13.2 Å². The molecule has 2 aromatic rings. The van der Waals surface area contributed by atoms with Crippen LogP contribution in [-0.2, 0) is 16.6 Å². The van der Waals surface area contributed by atoms with Gasteiger partial charge in [-0.3, -0.25) is 4.90 Å². The van der Waals surface area contributed by atoms with Gasteiger partial charge in [0.25, 0.3) is 0 Å². The minimum atomic E-state index is -4.89. The Morgan fingerprint density at radius 2 is 1.78 bits per heavy atom. The van der Waals surface area contributed by atoms with E-state index >= 15 is 0 Å². The van der Waals surface area contributed by atoms with Crippen molar-refractivity contribution in [2.45, 2.75) is 55.6 Å². The molecule has 1 aliphatic heterocycles. The highest BCUT2D eigenvalue weighted by molar-refractivity contribution is 7.89. The van der Waals surface area contributed by atoms with Crippen LogP contribution in [0, 0.1) is 0 Å². The van der Waals surface area contributed by atoms with Crippen LogP contribution in [0.15, 0.2) is 53.4 Å². The smallest absolute Gasteiger partial charge is 0.490 e. The number of likely N-dealkylation sites (tertiary alicyclic amines) is 1. The number of benzene rings is 2. The zero-order valence-electron chi connectivity index (χ0n) is 17.3. The van der Waals surface area contributed by atoms with Crippen LogP contribution in [0.4, 0.5) is 13.2 Å². The van der Waals surface area contributed by atoms with Crippen molar-refractivity contribution in [3.05, 3.63) is 54.1 Å². The van der Waals surface area contributed by atoms with Gasteiger partial charge in [0.2, 0.25) is 10.0 Å². The first-order valence-electron chi connectivity index (χ1n) is 10.5. The van der Waals surface area contributed by atoms with E-state index in [1.165, 1.54) is 18.6 Å². The summed E-state index contributed by atoms with van der Waals surface area (Å²) in [5, 5.41) is 0. The molecule has 0 radical (unpaired) electrons. The van der Waals surface area contributed by atoms with E-state index in [9.17, 15) is 21.6 Å². The third-order valence-corrected chi connectivity index (χ3v) is 7.15. The van der Waals surface area contributed by atoms with Crippen LogP contribution in [-0.4, -0.2) is 44.9 Å². The average molecular weight is 471 g/mol. The normalized spacial score (nSPS) is 20.2. The van der Waals surface area contributed by atoms with Gasteiger partial charge in [-0.1, -0.05) is 18.2 Å². The summed E-state index contributed by atoms with van der Waals surface area (Å²) < 4.78 is 74.8. The fourth-order valence-corrected chi connectivity index (χ4v) is 5.11. The molecule has 2 aliphatic rings. The quantitative estimate of drug-likeness (QED) is 0.630. The van der Waals surface area contributed by atoms with Crippen LogP contribution < -0.4 is 14.2 Å². The zero-order valence-corrected chi connectivity index (χ0v) is 18.2. The predicted molar refractivity (Wildman–Crippen MR) is 112 cm³/mol. The summed E-state index contributed by atoms with van der Waals surface area (Å²) in [6, 6.07) is 12.0. The fraction of sp³-hybridized carbons (Fsp3) is 0.455. The van der Waals surface area contributed by atoms with E-state index in [0.29, 0.717) is 32.2 Å². The molecular formula is C22H25F3N2O4S. The van der Waals surface area contributed by atoms with Crippen LogP contribution in [0.5, 0.6) is 11.5 Å². The van der Waals surface area contributed by atoms with E-state index in [4.69, 9.17) is 4.74 Å². The highest BCUT2D eigenvalue weighted by atomic mass is 32.2. The minimum Gasteiger partial charge on any atom is -0.490 e. The highest BCUT2D eigenvalue weighted by Gasteiger charge is 2.32. The van der Waals surface area contributed by atoms with E-state index in [1.54, 1.807) is 0 Å². The number of hydrogen-bond acceptors (Lipinski definition) is 5. The number of sulfonamides is 1. The van der Waals surface area contributed by atoms with E-state index in [0.717, 1.165) is 36.3 Å². The van der Waals surface area contributed by atoms with Crippen LogP contribution in [0.2, 0.25) is 0 Å². The third kappa shape index (κ3) is 6.14. The SMILES string of the molecule is O=S(=O)(N[C@@H]1CCN(Cc2ccc(OC3CCC3)cc2)C1)c1cccc(OC(F)(F)F)c1. The van der Waals surface area contributed by atoms with Gasteiger partial charge in [0.1, 0.15) is 11.5 Å². The first-order valence-corrected chi connectivity index (χ1v) is 12.0. The van der Waals surface area contributed by atoms with Crippen molar-refractivity contribution >= 4 is 10.0 Å². The maximum atomic E-state index is 12.6. The molecule has 2 aromatic carbocycles. The van der Waals surface area contributed by atoms with Gasteiger partial charge in [-0.2, -0.15) is 0 Å². The molecule has 0 amide bonds. The van der Waals surface area contributed by atoms with E-state index in [1.807, 2.05) is 24.3 Å². The summed E-state index contributed by atoms with van der Waals surface area (Å²) in [7, 11) is -3.97. The second-order valence-electron chi connectivity index (χ2n) is 8.18. The molecule has 0 unspecified atom stereocenters. The molecular weight excluding hydrogens is 445 g/mol. The molecule has 1 saturated carbocycles. The van der Waals surface area contributed by atoms with Gasteiger partial charge in [-0.25, -0.2) is 13.1 Å². The lowest BCUT2D eigenvalue weighted by atomic mass is 9.96. The van der Waals surface area contributed by atoms with Crippen molar-refractivity contribution in [2.24, 2.45) is 0 Å². The fourth-order valence-electron chi connectivity index (χ4n) is 3.81. The van der Waals surface area contributed by atoms with Crippen molar-refractivity contribution < 1.29 is 31.1 Å². The Kier molecular flexibility index (Phi) is 6.64. The average Bonchev–Trinajstić information content (AvgIpc) is 3.11. The van der Waals surface area contributed by atoms with Gasteiger partial charge >= 0.3 is 6.36 Å². The summed E-state index contributed by atoms with van der Waals surface area (Å²) >= 11 is 0. The Morgan fingerprint density at radius 1 is 1.03 bits per heavy atom. The zero-order chi connectivity index (χ0) is 22.8. The summed E-state index contributed by atoms with van der Waals surface area (Å²) in [6.07, 6.45) is -0.521. The number of alkyl halides is 3. The molecule has 0 spiro atoms. The molecule has 32 heavy (non-hydrogen) atoms. The number of nitrogens with one attached hydrogen (secondary N) is 1. The van der Waals surface area contributed by atoms with Gasteiger partial charge in [0, 0.05) is 31.7 Å². The maximum absolute atomic E-state index is 12.6. The monoisotopic (exact) mass is 470 g/mol. The molecule has 10 heteroatoms. The first-order chi connectivity index (χ1) is 15.2. The first kappa shape index (κ1) is 22.9. The molecule has 1 atom stereocenters. The summed E-state index contributed by atoms with van der Waals surface area (Å²) in [6.45, 7) is 1.90. The summed E-state index contributed by atoms with van der Waals surface area (Å²) in [5.41, 5.74) is 1.10. The lowest BCUT2D eigenvalue weighted by Crippen LogP contribution is -2.37. The van der Waals surface area contributed by atoms with Crippen LogP contribution in [0.1, 0.15) is 31.2 Å². The standard InChI is InChI=1S/C22H25F3N2O4S/c23-22(24,25)31-20-5-2-6-21(13-20)32(28,29)26-17-11-12-27(15-17)14-16-7-9-19(10-8-16)30-18-3-1-4-18/h2,5-10,13,17-18,26H,1,3-4,11-12,14-15H2/t17-/m1/s1. The van der Waals surface area contributed by atoms with Crippen LogP contribution in [0.3, 0.4) is 0 Å². The van der Waals surface area contributed by atoms with Gasteiger partial charge in [-0.05, 0) is 55.5 Å². The molecule has 1 N–H and O–H groups in total. The number of ether oxygens (including phenoxy) is 2. The Labute approximate surface area is 185 Å². The Bertz CT molecular complexity index is 1020. The molecule has 174 valence electrons.